The molecule has 1 aliphatic rings. The summed E-state index contributed by atoms with van der Waals surface area (Å²) in [6, 6.07) is 0. The van der Waals surface area contributed by atoms with Crippen LogP contribution >= 0.6 is 0 Å². The number of nitrogens with zero attached hydrogens (tertiary/aromatic N) is 2. The third kappa shape index (κ3) is 3.09. The highest BCUT2D eigenvalue weighted by Crippen LogP contribution is 2.04. The fraction of sp³-hybridized carbons (Fsp3) is 1.00. The average Bonchev–Trinajstić information content (AvgIpc) is 2.03. The highest BCUT2D eigenvalue weighted by molar-refractivity contribution is 4.72. The molecule has 12 heavy (non-hydrogen) atoms. The molecular formula is C9H20N2O. The Morgan fingerprint density at radius 3 is 2.83 bits per heavy atom. The molecule has 0 aromatic rings. The zero-order chi connectivity index (χ0) is 8.97. The van der Waals surface area contributed by atoms with Crippen LogP contribution in [0.5, 0.6) is 0 Å². The number of likely N-dealkylation sites (N-methyl/N-ethyl adjacent to an activating group) is 2. The number of hydrogen-bond acceptors (Lipinski definition) is 3. The molecule has 1 atom stereocenters. The van der Waals surface area contributed by atoms with Crippen LogP contribution in [0.2, 0.25) is 0 Å². The molecule has 0 N–H and O–H groups in total. The summed E-state index contributed by atoms with van der Waals surface area (Å²) in [4.78, 5) is 4.63. The third-order valence-electron chi connectivity index (χ3n) is 2.24. The van der Waals surface area contributed by atoms with Gasteiger partial charge >= 0.3 is 0 Å². The van der Waals surface area contributed by atoms with E-state index in [4.69, 9.17) is 4.74 Å². The summed E-state index contributed by atoms with van der Waals surface area (Å²) in [6.45, 7) is 7.48. The van der Waals surface area contributed by atoms with Crippen LogP contribution in [-0.4, -0.2) is 62.8 Å². The molecule has 0 spiro atoms. The predicted molar refractivity (Wildman–Crippen MR) is 50.4 cm³/mol. The van der Waals surface area contributed by atoms with E-state index in [1.165, 1.54) is 0 Å². The van der Waals surface area contributed by atoms with Gasteiger partial charge in [-0.15, -0.1) is 0 Å². The molecule has 1 heterocycles. The Kier molecular flexibility index (Phi) is 3.98. The van der Waals surface area contributed by atoms with Gasteiger partial charge in [0.15, 0.2) is 0 Å². The Hall–Kier alpha value is -0.120. The van der Waals surface area contributed by atoms with Gasteiger partial charge in [0.1, 0.15) is 0 Å². The second kappa shape index (κ2) is 4.80. The molecule has 0 saturated carbocycles. The van der Waals surface area contributed by atoms with E-state index in [9.17, 15) is 0 Å². The van der Waals surface area contributed by atoms with Crippen molar-refractivity contribution in [3.63, 3.8) is 0 Å². The van der Waals surface area contributed by atoms with Gasteiger partial charge in [-0.25, -0.2) is 0 Å². The van der Waals surface area contributed by atoms with Crippen LogP contribution < -0.4 is 0 Å². The lowest BCUT2D eigenvalue weighted by atomic mass is 10.2. The van der Waals surface area contributed by atoms with E-state index in [1.807, 2.05) is 0 Å². The van der Waals surface area contributed by atoms with Crippen molar-refractivity contribution in [1.82, 2.24) is 9.80 Å². The van der Waals surface area contributed by atoms with Crippen molar-refractivity contribution >= 4 is 0 Å². The standard InChI is InChI=1S/C9H20N2O/c1-4-11-5-6-12-9(8-11)7-10(2)3/h9H,4-8H2,1-3H3/t9-/m0/s1. The second-order valence-corrected chi connectivity index (χ2v) is 3.65. The van der Waals surface area contributed by atoms with E-state index in [0.717, 1.165) is 32.8 Å². The van der Waals surface area contributed by atoms with Crippen molar-refractivity contribution in [1.29, 1.82) is 0 Å². The second-order valence-electron chi connectivity index (χ2n) is 3.65. The zero-order valence-electron chi connectivity index (χ0n) is 8.42. The van der Waals surface area contributed by atoms with E-state index in [0.29, 0.717) is 6.10 Å². The van der Waals surface area contributed by atoms with Crippen molar-refractivity contribution in [3.05, 3.63) is 0 Å². The summed E-state index contributed by atoms with van der Waals surface area (Å²) in [5.74, 6) is 0. The van der Waals surface area contributed by atoms with E-state index in [-0.39, 0.29) is 0 Å². The Labute approximate surface area is 75.3 Å². The summed E-state index contributed by atoms with van der Waals surface area (Å²) in [7, 11) is 4.18. The Morgan fingerprint density at radius 1 is 1.50 bits per heavy atom. The Bertz CT molecular complexity index is 128. The highest BCUT2D eigenvalue weighted by atomic mass is 16.5. The normalized spacial score (nSPS) is 26.5. The van der Waals surface area contributed by atoms with Crippen molar-refractivity contribution in [2.75, 3.05) is 46.9 Å². The first kappa shape index (κ1) is 9.96. The molecule has 0 amide bonds. The summed E-state index contributed by atoms with van der Waals surface area (Å²) < 4.78 is 5.64. The maximum absolute atomic E-state index is 5.64. The molecule has 0 aliphatic carbocycles. The van der Waals surface area contributed by atoms with Crippen molar-refractivity contribution in [3.8, 4) is 0 Å². The van der Waals surface area contributed by atoms with Crippen molar-refractivity contribution in [2.24, 2.45) is 0 Å². The van der Waals surface area contributed by atoms with Gasteiger partial charge in [0, 0.05) is 19.6 Å². The third-order valence-corrected chi connectivity index (χ3v) is 2.24. The molecule has 0 bridgehead atoms. The lowest BCUT2D eigenvalue weighted by molar-refractivity contribution is -0.0363. The van der Waals surface area contributed by atoms with E-state index in [2.05, 4.69) is 30.8 Å². The minimum absolute atomic E-state index is 0.411. The van der Waals surface area contributed by atoms with Gasteiger partial charge in [-0.2, -0.15) is 0 Å². The summed E-state index contributed by atoms with van der Waals surface area (Å²) >= 11 is 0. The van der Waals surface area contributed by atoms with Crippen molar-refractivity contribution < 1.29 is 4.74 Å². The summed E-state index contributed by atoms with van der Waals surface area (Å²) in [6.07, 6.45) is 0.411. The fourth-order valence-electron chi connectivity index (χ4n) is 1.59. The molecule has 1 rings (SSSR count). The molecule has 0 aromatic carbocycles. The molecule has 72 valence electrons. The molecule has 1 saturated heterocycles. The van der Waals surface area contributed by atoms with Gasteiger partial charge in [-0.3, -0.25) is 4.90 Å². The monoisotopic (exact) mass is 172 g/mol. The van der Waals surface area contributed by atoms with Crippen LogP contribution in [0.1, 0.15) is 6.92 Å². The summed E-state index contributed by atoms with van der Waals surface area (Å²) in [5.41, 5.74) is 0. The van der Waals surface area contributed by atoms with Crippen LogP contribution in [0.3, 0.4) is 0 Å². The van der Waals surface area contributed by atoms with E-state index in [1.54, 1.807) is 0 Å². The lowest BCUT2D eigenvalue weighted by Crippen LogP contribution is -2.46. The SMILES string of the molecule is CCN1CCO[C@@H](CN(C)C)C1. The molecule has 1 fully saturated rings. The number of morpholine rings is 1. The Morgan fingerprint density at radius 2 is 2.25 bits per heavy atom. The zero-order valence-corrected chi connectivity index (χ0v) is 8.42. The van der Waals surface area contributed by atoms with E-state index < -0.39 is 0 Å². The quantitative estimate of drug-likeness (QED) is 0.607. The van der Waals surface area contributed by atoms with Gasteiger partial charge in [-0.05, 0) is 20.6 Å². The number of rotatable bonds is 3. The smallest absolute Gasteiger partial charge is 0.0829 e. The molecule has 0 unspecified atom stereocenters. The van der Waals surface area contributed by atoms with Gasteiger partial charge in [0.25, 0.3) is 0 Å². The maximum atomic E-state index is 5.64. The van der Waals surface area contributed by atoms with Crippen LogP contribution in [0.15, 0.2) is 0 Å². The van der Waals surface area contributed by atoms with Crippen LogP contribution in [0, 0.1) is 0 Å². The van der Waals surface area contributed by atoms with Crippen LogP contribution in [0.25, 0.3) is 0 Å². The number of ether oxygens (including phenoxy) is 1. The van der Waals surface area contributed by atoms with Crippen LogP contribution in [0.4, 0.5) is 0 Å². The van der Waals surface area contributed by atoms with Crippen molar-refractivity contribution in [2.45, 2.75) is 13.0 Å². The molecule has 3 nitrogen and oxygen atoms in total. The average molecular weight is 172 g/mol. The molecule has 0 radical (unpaired) electrons. The first-order valence-electron chi connectivity index (χ1n) is 4.71. The molecule has 1 aliphatic heterocycles. The Balaban J connectivity index is 2.25. The maximum Gasteiger partial charge on any atom is 0.0829 e. The minimum atomic E-state index is 0.411. The van der Waals surface area contributed by atoms with Gasteiger partial charge in [0.05, 0.1) is 12.7 Å². The highest BCUT2D eigenvalue weighted by Gasteiger charge is 2.19. The lowest BCUT2D eigenvalue weighted by Gasteiger charge is -2.33. The predicted octanol–water partition coefficient (Wildman–Crippen LogP) is 0.269. The van der Waals surface area contributed by atoms with Gasteiger partial charge < -0.3 is 9.64 Å². The number of hydrogen-bond donors (Lipinski definition) is 0. The fourth-order valence-corrected chi connectivity index (χ4v) is 1.59. The summed E-state index contributed by atoms with van der Waals surface area (Å²) in [5, 5.41) is 0. The molecular weight excluding hydrogens is 152 g/mol. The molecule has 0 aromatic heterocycles. The van der Waals surface area contributed by atoms with E-state index >= 15 is 0 Å². The molecule has 3 heteroatoms. The first-order chi connectivity index (χ1) is 5.72. The van der Waals surface area contributed by atoms with Crippen LogP contribution in [-0.2, 0) is 4.74 Å². The van der Waals surface area contributed by atoms with Gasteiger partial charge in [-0.1, -0.05) is 6.92 Å². The largest absolute Gasteiger partial charge is 0.374 e. The first-order valence-corrected chi connectivity index (χ1v) is 4.71. The van der Waals surface area contributed by atoms with Gasteiger partial charge in [0.2, 0.25) is 0 Å². The topological polar surface area (TPSA) is 15.7 Å². The minimum Gasteiger partial charge on any atom is -0.374 e.